The third-order valence-electron chi connectivity index (χ3n) is 11.3. The van der Waals surface area contributed by atoms with Gasteiger partial charge in [-0.1, -0.05) is 176 Å². The van der Waals surface area contributed by atoms with Crippen LogP contribution in [0.2, 0.25) is 0 Å². The van der Waals surface area contributed by atoms with Gasteiger partial charge in [-0.25, -0.2) is 0 Å². The van der Waals surface area contributed by atoms with Gasteiger partial charge < -0.3 is 9.32 Å². The van der Waals surface area contributed by atoms with Gasteiger partial charge in [-0.3, -0.25) is 0 Å². The Morgan fingerprint density at radius 3 is 1.80 bits per heavy atom. The predicted octanol–water partition coefficient (Wildman–Crippen LogP) is 14.9. The molecule has 0 fully saturated rings. The molecule has 258 valence electrons. The number of rotatable bonds is 6. The lowest BCUT2D eigenvalue weighted by Crippen LogP contribution is -2.17. The normalized spacial score (nSPS) is 11.7. The molecule has 2 nitrogen and oxygen atoms in total. The first-order valence-electron chi connectivity index (χ1n) is 19.0. The number of furan rings is 1. The van der Waals surface area contributed by atoms with Crippen molar-refractivity contribution >= 4 is 76.4 Å². The second kappa shape index (κ2) is 12.8. The van der Waals surface area contributed by atoms with Crippen molar-refractivity contribution in [3.8, 4) is 22.3 Å². The lowest BCUT2D eigenvalue weighted by molar-refractivity contribution is 0.673. The van der Waals surface area contributed by atoms with E-state index in [1.165, 1.54) is 60.1 Å². The molecule has 0 aliphatic carbocycles. The zero-order valence-electron chi connectivity index (χ0n) is 30.1. The highest BCUT2D eigenvalue weighted by Gasteiger charge is 2.21. The van der Waals surface area contributed by atoms with Crippen molar-refractivity contribution in [3.05, 3.63) is 206 Å². The summed E-state index contributed by atoms with van der Waals surface area (Å²) in [5.41, 5.74) is 10.1. The minimum Gasteiger partial charge on any atom is -0.455 e. The summed E-state index contributed by atoms with van der Waals surface area (Å²) in [5, 5.41) is 12.0. The quantitative estimate of drug-likeness (QED) is 0.161. The zero-order chi connectivity index (χ0) is 36.3. The number of anilines is 2. The van der Waals surface area contributed by atoms with Gasteiger partial charge in [0.15, 0.2) is 0 Å². The maximum Gasteiger partial charge on any atom is 0.143 e. The molecule has 0 atom stereocenters. The summed E-state index contributed by atoms with van der Waals surface area (Å²) in [5.74, 6) is 0. The highest BCUT2D eigenvalue weighted by Crippen LogP contribution is 2.43. The van der Waals surface area contributed by atoms with Crippen LogP contribution in [-0.4, -0.2) is 0 Å². The highest BCUT2D eigenvalue weighted by molar-refractivity contribution is 6.17. The van der Waals surface area contributed by atoms with Crippen molar-refractivity contribution in [3.63, 3.8) is 0 Å². The Labute approximate surface area is 319 Å². The molecule has 0 aliphatic heterocycles. The Balaban J connectivity index is 1.13. The number of hydrogen-bond acceptors (Lipinski definition) is 2. The first kappa shape index (κ1) is 31.4. The summed E-state index contributed by atoms with van der Waals surface area (Å²) in [4.78, 5) is 2.51. The van der Waals surface area contributed by atoms with Gasteiger partial charge in [0.25, 0.3) is 0 Å². The van der Waals surface area contributed by atoms with Crippen LogP contribution in [0.25, 0.3) is 87.3 Å². The minimum absolute atomic E-state index is 0.650. The van der Waals surface area contributed by atoms with Crippen LogP contribution in [0.3, 0.4) is 0 Å². The van der Waals surface area contributed by atoms with Crippen molar-refractivity contribution < 1.29 is 4.42 Å². The number of para-hydroxylation sites is 1. The van der Waals surface area contributed by atoms with Gasteiger partial charge >= 0.3 is 0 Å². The maximum atomic E-state index is 6.87. The smallest absolute Gasteiger partial charge is 0.143 e. The average Bonchev–Trinajstić information content (AvgIpc) is 3.65. The first-order valence-corrected chi connectivity index (χ1v) is 19.0. The fourth-order valence-corrected chi connectivity index (χ4v) is 8.72. The molecule has 2 heteroatoms. The molecule has 0 spiro atoms. The van der Waals surface area contributed by atoms with Crippen molar-refractivity contribution in [2.45, 2.75) is 6.54 Å². The van der Waals surface area contributed by atoms with E-state index in [-0.39, 0.29) is 0 Å². The first-order chi connectivity index (χ1) is 27.3. The Hall–Kier alpha value is -7.16. The molecule has 0 saturated heterocycles. The Kier molecular flexibility index (Phi) is 7.28. The van der Waals surface area contributed by atoms with Gasteiger partial charge in [-0.05, 0) is 78.8 Å². The summed E-state index contributed by atoms with van der Waals surface area (Å²) in [6.07, 6.45) is 0. The molecule has 0 unspecified atom stereocenters. The topological polar surface area (TPSA) is 16.4 Å². The highest BCUT2D eigenvalue weighted by atomic mass is 16.3. The van der Waals surface area contributed by atoms with Gasteiger partial charge in [0.1, 0.15) is 11.2 Å². The minimum atomic E-state index is 0.650. The number of fused-ring (bicyclic) bond motifs is 9. The largest absolute Gasteiger partial charge is 0.455 e. The Bertz CT molecular complexity index is 3260. The van der Waals surface area contributed by atoms with Crippen LogP contribution in [0.5, 0.6) is 0 Å². The molecule has 0 saturated carbocycles. The van der Waals surface area contributed by atoms with Gasteiger partial charge in [-0.15, -0.1) is 0 Å². The van der Waals surface area contributed by atoms with E-state index >= 15 is 0 Å². The predicted molar refractivity (Wildman–Crippen MR) is 233 cm³/mol. The lowest BCUT2D eigenvalue weighted by atomic mass is 9.95. The van der Waals surface area contributed by atoms with E-state index in [0.29, 0.717) is 6.54 Å². The van der Waals surface area contributed by atoms with Gasteiger partial charge in [0.2, 0.25) is 0 Å². The molecule has 11 aromatic rings. The molecule has 11 rings (SSSR count). The molecule has 1 aromatic heterocycles. The number of nitrogens with zero attached hydrogens (tertiary/aromatic N) is 1. The number of hydrogen-bond donors (Lipinski definition) is 0. The fourth-order valence-electron chi connectivity index (χ4n) is 8.72. The molecule has 0 amide bonds. The summed E-state index contributed by atoms with van der Waals surface area (Å²) >= 11 is 0. The molecular weight excluding hydrogens is 667 g/mol. The Morgan fingerprint density at radius 1 is 0.345 bits per heavy atom. The average molecular weight is 702 g/mol. The molecule has 10 aromatic carbocycles. The fraction of sp³-hybridized carbons (Fsp3) is 0.0189. The van der Waals surface area contributed by atoms with Crippen LogP contribution in [0.4, 0.5) is 11.4 Å². The SMILES string of the molecule is c1cc(-c2cccc3ccccc23)cc(N(Cc2ccccc2-c2cccc3c2oc2c4ccccc4ccc32)c2cc3ccccc3c3ccccc23)c1. The van der Waals surface area contributed by atoms with Crippen molar-refractivity contribution in [1.82, 2.24) is 0 Å². The van der Waals surface area contributed by atoms with Crippen LogP contribution >= 0.6 is 0 Å². The molecule has 0 radical (unpaired) electrons. The molecule has 1 heterocycles. The van der Waals surface area contributed by atoms with E-state index in [2.05, 4.69) is 205 Å². The molecule has 55 heavy (non-hydrogen) atoms. The standard InChI is InChI=1S/C53H35NO/c1-5-21-41-35(14-1)18-12-27-42(41)37-19-11-20-40(32-37)54(51-33-38-16-3-6-22-43(38)46-25-9-10-26-47(46)51)34-39-17-4-7-23-44(39)48-28-13-29-49-50-31-30-36-15-2-8-24-45(36)52(50)55-53(48)49/h1-33H,34H2. The van der Waals surface area contributed by atoms with Crippen molar-refractivity contribution in [2.24, 2.45) is 0 Å². The monoisotopic (exact) mass is 701 g/mol. The molecule has 0 N–H and O–H groups in total. The zero-order valence-corrected chi connectivity index (χ0v) is 30.1. The van der Waals surface area contributed by atoms with Crippen LogP contribution in [0.15, 0.2) is 205 Å². The summed E-state index contributed by atoms with van der Waals surface area (Å²) in [6.45, 7) is 0.650. The summed E-state index contributed by atoms with van der Waals surface area (Å²) in [6, 6.07) is 72.5. The van der Waals surface area contributed by atoms with Crippen LogP contribution in [-0.2, 0) is 6.54 Å². The Morgan fingerprint density at radius 2 is 0.927 bits per heavy atom. The summed E-state index contributed by atoms with van der Waals surface area (Å²) < 4.78 is 6.87. The number of benzene rings is 10. The van der Waals surface area contributed by atoms with Crippen molar-refractivity contribution in [2.75, 3.05) is 4.90 Å². The lowest BCUT2D eigenvalue weighted by Gasteiger charge is -2.29. The second-order valence-corrected chi connectivity index (χ2v) is 14.4. The van der Waals surface area contributed by atoms with Crippen LogP contribution in [0.1, 0.15) is 5.56 Å². The second-order valence-electron chi connectivity index (χ2n) is 14.4. The third-order valence-corrected chi connectivity index (χ3v) is 11.3. The van der Waals surface area contributed by atoms with E-state index in [1.807, 2.05) is 0 Å². The maximum absolute atomic E-state index is 6.87. The molecular formula is C53H35NO. The third kappa shape index (κ3) is 5.18. The van der Waals surface area contributed by atoms with E-state index in [0.717, 1.165) is 44.1 Å². The van der Waals surface area contributed by atoms with E-state index in [1.54, 1.807) is 0 Å². The summed E-state index contributed by atoms with van der Waals surface area (Å²) in [7, 11) is 0. The van der Waals surface area contributed by atoms with E-state index < -0.39 is 0 Å². The van der Waals surface area contributed by atoms with Crippen LogP contribution < -0.4 is 4.90 Å². The van der Waals surface area contributed by atoms with E-state index in [9.17, 15) is 0 Å². The van der Waals surface area contributed by atoms with Gasteiger partial charge in [-0.2, -0.15) is 0 Å². The molecule has 0 bridgehead atoms. The van der Waals surface area contributed by atoms with E-state index in [4.69, 9.17) is 4.42 Å². The van der Waals surface area contributed by atoms with Crippen molar-refractivity contribution in [1.29, 1.82) is 0 Å². The molecule has 0 aliphatic rings. The van der Waals surface area contributed by atoms with Crippen LogP contribution in [0, 0.1) is 0 Å². The van der Waals surface area contributed by atoms with Gasteiger partial charge in [0, 0.05) is 45.0 Å². The van der Waals surface area contributed by atoms with Gasteiger partial charge in [0.05, 0.1) is 0 Å².